The van der Waals surface area contributed by atoms with Crippen LogP contribution in [0.1, 0.15) is 38.1 Å². The summed E-state index contributed by atoms with van der Waals surface area (Å²) in [5, 5.41) is 4.52. The second-order valence-electron chi connectivity index (χ2n) is 7.25. The lowest BCUT2D eigenvalue weighted by atomic mass is 9.92. The Morgan fingerprint density at radius 3 is 2.50 bits per heavy atom. The van der Waals surface area contributed by atoms with Crippen molar-refractivity contribution < 1.29 is 0 Å². The molecule has 1 saturated heterocycles. The molecule has 0 radical (unpaired) electrons. The van der Waals surface area contributed by atoms with E-state index in [2.05, 4.69) is 78.0 Å². The van der Waals surface area contributed by atoms with Gasteiger partial charge in [0.2, 0.25) is 0 Å². The average molecular weight is 582 g/mol. The zero-order valence-electron chi connectivity index (χ0n) is 18.0. The molecule has 1 aliphatic rings. The summed E-state index contributed by atoms with van der Waals surface area (Å²) in [7, 11) is 2.42. The SMILES string of the molecule is CCc1ncccc1C(C(C)C)N1CCN(c2cnn(PI)c(=O)c2Cl)CC1.CP. The molecule has 3 rings (SSSR count). The molecule has 1 fully saturated rings. The van der Waals surface area contributed by atoms with Gasteiger partial charge in [0.1, 0.15) is 5.02 Å². The molecule has 0 bridgehead atoms. The minimum Gasteiger partial charge on any atom is -0.366 e. The molecule has 0 aliphatic carbocycles. The van der Waals surface area contributed by atoms with Gasteiger partial charge in [-0.05, 0) is 46.0 Å². The van der Waals surface area contributed by atoms with Crippen LogP contribution in [0.15, 0.2) is 29.3 Å². The van der Waals surface area contributed by atoms with Crippen molar-refractivity contribution in [3.63, 3.8) is 0 Å². The maximum atomic E-state index is 12.3. The molecule has 2 aromatic rings. The summed E-state index contributed by atoms with van der Waals surface area (Å²) in [5.41, 5.74) is 3.05. The van der Waals surface area contributed by atoms with Crippen LogP contribution < -0.4 is 10.5 Å². The second-order valence-corrected chi connectivity index (χ2v) is 9.67. The van der Waals surface area contributed by atoms with Crippen LogP contribution in [0.4, 0.5) is 5.69 Å². The van der Waals surface area contributed by atoms with Gasteiger partial charge in [-0.1, -0.05) is 45.1 Å². The molecule has 3 heterocycles. The summed E-state index contributed by atoms with van der Waals surface area (Å²) in [6.07, 6.45) is 4.79. The topological polar surface area (TPSA) is 54.3 Å². The first-order valence-electron chi connectivity index (χ1n) is 10.1. The van der Waals surface area contributed by atoms with Crippen LogP contribution in [-0.4, -0.2) is 52.3 Å². The van der Waals surface area contributed by atoms with Gasteiger partial charge in [0, 0.05) is 44.1 Å². The predicted octanol–water partition coefficient (Wildman–Crippen LogP) is 4.66. The van der Waals surface area contributed by atoms with Crippen LogP contribution >= 0.6 is 49.3 Å². The van der Waals surface area contributed by atoms with E-state index in [1.807, 2.05) is 18.9 Å². The number of rotatable bonds is 6. The summed E-state index contributed by atoms with van der Waals surface area (Å²) in [5.74, 6) is 0.486. The fourth-order valence-corrected chi connectivity index (χ4v) is 5.58. The molecular weight excluding hydrogens is 551 g/mol. The molecule has 0 saturated carbocycles. The van der Waals surface area contributed by atoms with Gasteiger partial charge in [-0.2, -0.15) is 5.10 Å². The van der Waals surface area contributed by atoms with Crippen molar-refractivity contribution in [2.45, 2.75) is 33.2 Å². The highest BCUT2D eigenvalue weighted by molar-refractivity contribution is 14.2. The van der Waals surface area contributed by atoms with Crippen LogP contribution in [0.25, 0.3) is 0 Å². The first-order valence-corrected chi connectivity index (χ1v) is 15.7. The maximum Gasteiger partial charge on any atom is 0.291 e. The number of pyridine rings is 1. The van der Waals surface area contributed by atoms with Crippen LogP contribution in [0, 0.1) is 5.92 Å². The highest BCUT2D eigenvalue weighted by atomic mass is 127. The molecule has 0 N–H and O–H groups in total. The minimum absolute atomic E-state index is 0.211. The fourth-order valence-electron chi connectivity index (χ4n) is 3.94. The molecule has 3 atom stereocenters. The maximum absolute atomic E-state index is 12.3. The quantitative estimate of drug-likeness (QED) is 0.367. The average Bonchev–Trinajstić information content (AvgIpc) is 2.78. The molecule has 166 valence electrons. The van der Waals surface area contributed by atoms with Crippen molar-refractivity contribution >= 4 is 54.9 Å². The number of hydrogen-bond acceptors (Lipinski definition) is 5. The van der Waals surface area contributed by atoms with E-state index < -0.39 is 0 Å². The minimum atomic E-state index is -0.211. The molecule has 30 heavy (non-hydrogen) atoms. The molecular formula is C20H31ClIN5OP2. The molecule has 10 heteroatoms. The zero-order chi connectivity index (χ0) is 22.3. The summed E-state index contributed by atoms with van der Waals surface area (Å²) >= 11 is 8.49. The zero-order valence-corrected chi connectivity index (χ0v) is 23.0. The third kappa shape index (κ3) is 5.92. The van der Waals surface area contributed by atoms with E-state index in [4.69, 9.17) is 11.6 Å². The van der Waals surface area contributed by atoms with Gasteiger partial charge < -0.3 is 4.90 Å². The Balaban J connectivity index is 0.00000155. The first kappa shape index (κ1) is 25.9. The third-order valence-electron chi connectivity index (χ3n) is 5.24. The normalized spacial score (nSPS) is 16.1. The number of anilines is 1. The first-order chi connectivity index (χ1) is 14.5. The molecule has 6 nitrogen and oxygen atoms in total. The Bertz CT molecular complexity index is 875. The van der Waals surface area contributed by atoms with Gasteiger partial charge in [-0.15, -0.1) is 9.24 Å². The monoisotopic (exact) mass is 581 g/mol. The Hall–Kier alpha value is -0.330. The van der Waals surface area contributed by atoms with E-state index in [0.717, 1.165) is 38.3 Å². The third-order valence-corrected chi connectivity index (χ3v) is 7.44. The van der Waals surface area contributed by atoms with Crippen LogP contribution in [0.2, 0.25) is 5.02 Å². The van der Waals surface area contributed by atoms with Gasteiger partial charge in [-0.3, -0.25) is 14.7 Å². The molecule has 0 amide bonds. The Morgan fingerprint density at radius 2 is 1.93 bits per heavy atom. The molecule has 0 aromatic carbocycles. The van der Waals surface area contributed by atoms with Crippen LogP contribution in [0.3, 0.4) is 0 Å². The lowest BCUT2D eigenvalue weighted by molar-refractivity contribution is 0.145. The number of nitrogens with zero attached hydrogens (tertiary/aromatic N) is 5. The van der Waals surface area contributed by atoms with Crippen molar-refractivity contribution in [2.24, 2.45) is 5.92 Å². The largest absolute Gasteiger partial charge is 0.366 e. The number of piperazine rings is 1. The highest BCUT2D eigenvalue weighted by Gasteiger charge is 2.30. The van der Waals surface area contributed by atoms with Crippen molar-refractivity contribution in [3.8, 4) is 0 Å². The summed E-state index contributed by atoms with van der Waals surface area (Å²) < 4.78 is 1.41. The van der Waals surface area contributed by atoms with Crippen molar-refractivity contribution in [3.05, 3.63) is 51.2 Å². The fraction of sp³-hybridized carbons (Fsp3) is 0.550. The van der Waals surface area contributed by atoms with E-state index in [1.165, 1.54) is 15.7 Å². The van der Waals surface area contributed by atoms with Crippen molar-refractivity contribution in [1.82, 2.24) is 19.4 Å². The lowest BCUT2D eigenvalue weighted by Crippen LogP contribution is -2.49. The van der Waals surface area contributed by atoms with E-state index >= 15 is 0 Å². The predicted molar refractivity (Wildman–Crippen MR) is 142 cm³/mol. The number of halogens is 2. The Labute approximate surface area is 201 Å². The van der Waals surface area contributed by atoms with E-state index in [-0.39, 0.29) is 17.0 Å². The van der Waals surface area contributed by atoms with Crippen LogP contribution in [0.5, 0.6) is 0 Å². The van der Waals surface area contributed by atoms with Crippen molar-refractivity contribution in [1.29, 1.82) is 0 Å². The second kappa shape index (κ2) is 12.6. The van der Waals surface area contributed by atoms with Crippen molar-refractivity contribution in [2.75, 3.05) is 37.7 Å². The van der Waals surface area contributed by atoms with Gasteiger partial charge >= 0.3 is 0 Å². The van der Waals surface area contributed by atoms with E-state index in [1.54, 1.807) is 6.20 Å². The van der Waals surface area contributed by atoms with Crippen LogP contribution in [-0.2, 0) is 6.42 Å². The van der Waals surface area contributed by atoms with Gasteiger partial charge in [0.05, 0.1) is 18.3 Å². The Morgan fingerprint density at radius 1 is 1.27 bits per heavy atom. The molecule has 1 aliphatic heterocycles. The number of hydrogen-bond donors (Lipinski definition) is 0. The van der Waals surface area contributed by atoms with Gasteiger partial charge in [0.25, 0.3) is 5.56 Å². The molecule has 2 aromatic heterocycles. The van der Waals surface area contributed by atoms with E-state index in [0.29, 0.717) is 12.0 Å². The number of aryl methyl sites for hydroxylation is 1. The molecule has 3 unspecified atom stereocenters. The van der Waals surface area contributed by atoms with Gasteiger partial charge in [0.15, 0.2) is 0 Å². The summed E-state index contributed by atoms with van der Waals surface area (Å²) in [4.78, 5) is 21.6. The lowest BCUT2D eigenvalue weighted by Gasteiger charge is -2.42. The van der Waals surface area contributed by atoms with Gasteiger partial charge in [-0.25, -0.2) is 4.45 Å². The standard InChI is InChI=1S/C19H26ClIN5OP.CH5P/c1-4-15-14(6-5-7-22-15)18(13(2)3)25-10-8-24(9-11-25)16-12-23-26(28-21)19(27)17(16)20;1-2/h5-7,12-13,18,28H,4,8-11H2,1-3H3;2H2,1H3. The van der Waals surface area contributed by atoms with E-state index in [9.17, 15) is 4.79 Å². The smallest absolute Gasteiger partial charge is 0.291 e. The Kier molecular flexibility index (Phi) is 10.9. The molecule has 0 spiro atoms. The highest BCUT2D eigenvalue weighted by Crippen LogP contribution is 2.33. The number of aromatic nitrogens is 3. The summed E-state index contributed by atoms with van der Waals surface area (Å²) in [6.45, 7) is 12.1. The summed E-state index contributed by atoms with van der Waals surface area (Å²) in [6, 6.07) is 4.59.